The van der Waals surface area contributed by atoms with Crippen molar-refractivity contribution in [1.29, 1.82) is 0 Å². The standard InChI is InChI=1S/C18H17FN2O6S/c1-28(25,26)11-12-6-8-13(9-7-12)17(23)27-10-16(22)21-18(24)20-15-5-3-2-4-14(15)19/h2-9H,10-11H2,1H3,(H2,20,21,22,24). The van der Waals surface area contributed by atoms with E-state index >= 15 is 0 Å². The van der Waals surface area contributed by atoms with E-state index in [-0.39, 0.29) is 17.0 Å². The summed E-state index contributed by atoms with van der Waals surface area (Å²) in [5.74, 6) is -2.57. The first-order chi connectivity index (χ1) is 13.1. The van der Waals surface area contributed by atoms with Crippen molar-refractivity contribution in [3.63, 3.8) is 0 Å². The maximum atomic E-state index is 13.4. The third-order valence-electron chi connectivity index (χ3n) is 3.33. The molecule has 2 aromatic carbocycles. The summed E-state index contributed by atoms with van der Waals surface area (Å²) in [5, 5.41) is 4.05. The van der Waals surface area contributed by atoms with Crippen LogP contribution in [0, 0.1) is 5.82 Å². The third kappa shape index (κ3) is 6.80. The van der Waals surface area contributed by atoms with Crippen molar-refractivity contribution < 1.29 is 31.9 Å². The summed E-state index contributed by atoms with van der Waals surface area (Å²) in [6.45, 7) is -0.728. The molecule has 0 radical (unpaired) electrons. The molecule has 0 fully saturated rings. The van der Waals surface area contributed by atoms with Gasteiger partial charge in [-0.05, 0) is 29.8 Å². The van der Waals surface area contributed by atoms with Crippen molar-refractivity contribution >= 4 is 33.4 Å². The minimum Gasteiger partial charge on any atom is -0.452 e. The zero-order valence-corrected chi connectivity index (χ0v) is 15.6. The first-order valence-electron chi connectivity index (χ1n) is 7.93. The predicted octanol–water partition coefficient (Wildman–Crippen LogP) is 1.88. The average Bonchev–Trinajstić information content (AvgIpc) is 2.61. The lowest BCUT2D eigenvalue weighted by Gasteiger charge is -2.08. The van der Waals surface area contributed by atoms with Crippen LogP contribution in [-0.4, -0.2) is 39.2 Å². The van der Waals surface area contributed by atoms with Gasteiger partial charge >= 0.3 is 12.0 Å². The number of para-hydroxylation sites is 1. The van der Waals surface area contributed by atoms with Crippen molar-refractivity contribution in [2.24, 2.45) is 0 Å². The third-order valence-corrected chi connectivity index (χ3v) is 4.19. The Kier molecular flexibility index (Phi) is 6.83. The molecule has 3 amide bonds. The number of carbonyl (C=O) groups excluding carboxylic acids is 3. The summed E-state index contributed by atoms with van der Waals surface area (Å²) < 4.78 is 40.7. The summed E-state index contributed by atoms with van der Waals surface area (Å²) in [4.78, 5) is 35.2. The number of amides is 3. The molecule has 2 N–H and O–H groups in total. The number of esters is 1. The average molecular weight is 408 g/mol. The van der Waals surface area contributed by atoms with Crippen LogP contribution < -0.4 is 10.6 Å². The maximum absolute atomic E-state index is 13.4. The number of anilines is 1. The van der Waals surface area contributed by atoms with Crippen molar-refractivity contribution in [3.05, 3.63) is 65.5 Å². The van der Waals surface area contributed by atoms with Gasteiger partial charge in [0.25, 0.3) is 5.91 Å². The maximum Gasteiger partial charge on any atom is 0.338 e. The first kappa shape index (κ1) is 21.0. The Hall–Kier alpha value is -3.27. The number of ether oxygens (including phenoxy) is 1. The second-order valence-electron chi connectivity index (χ2n) is 5.83. The molecule has 0 saturated heterocycles. The van der Waals surface area contributed by atoms with Gasteiger partial charge in [-0.15, -0.1) is 0 Å². The molecule has 8 nitrogen and oxygen atoms in total. The number of imide groups is 1. The summed E-state index contributed by atoms with van der Waals surface area (Å²) in [7, 11) is -3.20. The number of nitrogens with one attached hydrogen (secondary N) is 2. The van der Waals surface area contributed by atoms with E-state index in [0.29, 0.717) is 5.56 Å². The largest absolute Gasteiger partial charge is 0.452 e. The Morgan fingerprint density at radius 2 is 1.68 bits per heavy atom. The molecule has 0 aromatic heterocycles. The Morgan fingerprint density at radius 3 is 2.29 bits per heavy atom. The van der Waals surface area contributed by atoms with Crippen LogP contribution in [0.3, 0.4) is 0 Å². The molecule has 148 valence electrons. The number of benzene rings is 2. The molecule has 28 heavy (non-hydrogen) atoms. The summed E-state index contributed by atoms with van der Waals surface area (Å²) in [5.41, 5.74) is 0.501. The van der Waals surface area contributed by atoms with Gasteiger partial charge in [0.2, 0.25) is 0 Å². The van der Waals surface area contributed by atoms with Crippen LogP contribution in [0.2, 0.25) is 0 Å². The van der Waals surface area contributed by atoms with Gasteiger partial charge in [0.05, 0.1) is 17.0 Å². The zero-order chi connectivity index (χ0) is 20.7. The Labute approximate surface area is 160 Å². The lowest BCUT2D eigenvalue weighted by molar-refractivity contribution is -0.123. The molecule has 0 aliphatic carbocycles. The van der Waals surface area contributed by atoms with Gasteiger partial charge in [-0.3, -0.25) is 10.1 Å². The Bertz CT molecular complexity index is 989. The number of rotatable bonds is 6. The second kappa shape index (κ2) is 9.09. The van der Waals surface area contributed by atoms with Gasteiger partial charge in [-0.25, -0.2) is 22.4 Å². The fraction of sp³-hybridized carbons (Fsp3) is 0.167. The van der Waals surface area contributed by atoms with Crippen molar-refractivity contribution in [2.75, 3.05) is 18.2 Å². The van der Waals surface area contributed by atoms with Gasteiger partial charge in [-0.1, -0.05) is 24.3 Å². The van der Waals surface area contributed by atoms with Crippen LogP contribution >= 0.6 is 0 Å². The smallest absolute Gasteiger partial charge is 0.338 e. The molecule has 2 rings (SSSR count). The molecule has 0 saturated carbocycles. The van der Waals surface area contributed by atoms with Crippen LogP contribution in [0.5, 0.6) is 0 Å². The second-order valence-corrected chi connectivity index (χ2v) is 7.97. The number of carbonyl (C=O) groups is 3. The Morgan fingerprint density at radius 1 is 1.04 bits per heavy atom. The van der Waals surface area contributed by atoms with Gasteiger partial charge < -0.3 is 10.1 Å². The fourth-order valence-corrected chi connectivity index (χ4v) is 2.93. The SMILES string of the molecule is CS(=O)(=O)Cc1ccc(C(=O)OCC(=O)NC(=O)Nc2ccccc2F)cc1. The number of hydrogen-bond acceptors (Lipinski definition) is 6. The fourth-order valence-electron chi connectivity index (χ4n) is 2.13. The van der Waals surface area contributed by atoms with Gasteiger partial charge in [0.15, 0.2) is 16.4 Å². The normalized spacial score (nSPS) is 10.8. The molecule has 0 heterocycles. The minimum absolute atomic E-state index is 0.112. The lowest BCUT2D eigenvalue weighted by atomic mass is 10.1. The topological polar surface area (TPSA) is 119 Å². The van der Waals surface area contributed by atoms with Crippen LogP contribution in [0.1, 0.15) is 15.9 Å². The highest BCUT2D eigenvalue weighted by Gasteiger charge is 2.14. The monoisotopic (exact) mass is 408 g/mol. The molecule has 0 atom stereocenters. The van der Waals surface area contributed by atoms with E-state index < -0.39 is 40.2 Å². The van der Waals surface area contributed by atoms with Crippen molar-refractivity contribution in [3.8, 4) is 0 Å². The van der Waals surface area contributed by atoms with Gasteiger partial charge in [0, 0.05) is 6.26 Å². The molecule has 0 spiro atoms. The van der Waals surface area contributed by atoms with Crippen LogP contribution in [0.4, 0.5) is 14.9 Å². The number of halogens is 1. The first-order valence-corrected chi connectivity index (χ1v) is 9.99. The number of urea groups is 1. The minimum atomic E-state index is -3.20. The lowest BCUT2D eigenvalue weighted by Crippen LogP contribution is -2.37. The molecule has 2 aromatic rings. The summed E-state index contributed by atoms with van der Waals surface area (Å²) >= 11 is 0. The molecular weight excluding hydrogens is 391 g/mol. The van der Waals surface area contributed by atoms with Gasteiger partial charge in [0.1, 0.15) is 5.82 Å². The summed E-state index contributed by atoms with van der Waals surface area (Å²) in [6, 6.07) is 10.1. The van der Waals surface area contributed by atoms with E-state index in [4.69, 9.17) is 4.74 Å². The summed E-state index contributed by atoms with van der Waals surface area (Å²) in [6.07, 6.45) is 1.09. The molecule has 0 bridgehead atoms. The Balaban J connectivity index is 1.82. The van der Waals surface area contributed by atoms with E-state index in [1.165, 1.54) is 42.5 Å². The quantitative estimate of drug-likeness (QED) is 0.705. The molecule has 0 aliphatic rings. The van der Waals surface area contributed by atoms with Gasteiger partial charge in [-0.2, -0.15) is 0 Å². The molecule has 10 heteroatoms. The molecular formula is C18H17FN2O6S. The van der Waals surface area contributed by atoms with Crippen LogP contribution in [-0.2, 0) is 25.1 Å². The van der Waals surface area contributed by atoms with E-state index in [1.807, 2.05) is 5.32 Å². The number of sulfone groups is 1. The highest BCUT2D eigenvalue weighted by atomic mass is 32.2. The zero-order valence-electron chi connectivity index (χ0n) is 14.8. The van der Waals surface area contributed by atoms with E-state index in [9.17, 15) is 27.2 Å². The highest BCUT2D eigenvalue weighted by Crippen LogP contribution is 2.12. The molecule has 0 unspecified atom stereocenters. The van der Waals surface area contributed by atoms with Crippen LogP contribution in [0.25, 0.3) is 0 Å². The van der Waals surface area contributed by atoms with Crippen LogP contribution in [0.15, 0.2) is 48.5 Å². The number of hydrogen-bond donors (Lipinski definition) is 2. The van der Waals surface area contributed by atoms with Crippen molar-refractivity contribution in [2.45, 2.75) is 5.75 Å². The van der Waals surface area contributed by atoms with E-state index in [2.05, 4.69) is 5.32 Å². The predicted molar refractivity (Wildman–Crippen MR) is 98.8 cm³/mol. The van der Waals surface area contributed by atoms with E-state index in [1.54, 1.807) is 0 Å². The highest BCUT2D eigenvalue weighted by molar-refractivity contribution is 7.89. The van der Waals surface area contributed by atoms with E-state index in [0.717, 1.165) is 12.3 Å². The molecule has 0 aliphatic heterocycles. The van der Waals surface area contributed by atoms with Crippen molar-refractivity contribution in [1.82, 2.24) is 5.32 Å².